The highest BCUT2D eigenvalue weighted by Gasteiger charge is 2.07. The monoisotopic (exact) mass is 489 g/mol. The fourth-order valence-corrected chi connectivity index (χ4v) is 2.44. The molecule has 0 atom stereocenters. The topological polar surface area (TPSA) is 72.5 Å². The van der Waals surface area contributed by atoms with E-state index in [9.17, 15) is 9.18 Å². The summed E-state index contributed by atoms with van der Waals surface area (Å²) in [6.45, 7) is 5.70. The Bertz CT molecular complexity index is 773. The number of hydrogen-bond donors (Lipinski definition) is 3. The van der Waals surface area contributed by atoms with Gasteiger partial charge in [-0.1, -0.05) is 13.8 Å². The summed E-state index contributed by atoms with van der Waals surface area (Å²) in [4.78, 5) is 20.8. The van der Waals surface area contributed by atoms with E-state index in [1.807, 2.05) is 6.20 Å². The number of carbonyl (C=O) groups excluding carboxylic acids is 1. The third-order valence-corrected chi connectivity index (χ3v) is 3.97. The van der Waals surface area contributed by atoms with Crippen LogP contribution in [0.2, 0.25) is 0 Å². The molecule has 0 unspecified atom stereocenters. The van der Waals surface area contributed by atoms with Gasteiger partial charge in [-0.15, -0.1) is 24.0 Å². The zero-order valence-electron chi connectivity index (χ0n) is 16.3. The van der Waals surface area contributed by atoms with Gasteiger partial charge in [0.1, 0.15) is 12.4 Å². The third-order valence-electron chi connectivity index (χ3n) is 3.97. The van der Waals surface area contributed by atoms with Crippen molar-refractivity contribution in [1.82, 2.24) is 20.5 Å². The highest BCUT2D eigenvalue weighted by Crippen LogP contribution is 2.19. The van der Waals surface area contributed by atoms with Crippen molar-refractivity contribution in [3.8, 4) is 0 Å². The number of guanidine groups is 1. The highest BCUT2D eigenvalue weighted by atomic mass is 127. The van der Waals surface area contributed by atoms with Crippen LogP contribution in [0.4, 0.5) is 4.39 Å². The summed E-state index contributed by atoms with van der Waals surface area (Å²) in [5.74, 6) is 0.778. The number of likely N-dealkylation sites (N-methyl/N-ethyl adjacent to an activating group) is 1. The number of amides is 1. The number of H-pyrrole nitrogens is 1. The van der Waals surface area contributed by atoms with Crippen molar-refractivity contribution in [3.63, 3.8) is 0 Å². The van der Waals surface area contributed by atoms with Gasteiger partial charge in [0.15, 0.2) is 5.96 Å². The molecule has 1 heterocycles. The Hall–Kier alpha value is -1.84. The summed E-state index contributed by atoms with van der Waals surface area (Å²) in [7, 11) is 3.42. The van der Waals surface area contributed by atoms with E-state index >= 15 is 0 Å². The van der Waals surface area contributed by atoms with Gasteiger partial charge < -0.3 is 20.5 Å². The molecule has 1 aromatic heterocycles. The van der Waals surface area contributed by atoms with Gasteiger partial charge in [0, 0.05) is 44.3 Å². The van der Waals surface area contributed by atoms with Crippen molar-refractivity contribution in [2.75, 3.05) is 33.7 Å². The van der Waals surface area contributed by atoms with Crippen LogP contribution in [-0.4, -0.2) is 55.5 Å². The average Bonchev–Trinajstić information content (AvgIpc) is 2.98. The minimum absolute atomic E-state index is 0. The second-order valence-corrected chi connectivity index (χ2v) is 6.91. The van der Waals surface area contributed by atoms with E-state index in [1.54, 1.807) is 26.2 Å². The maximum absolute atomic E-state index is 13.5. The molecule has 1 amide bonds. The van der Waals surface area contributed by atoms with E-state index in [0.717, 1.165) is 23.0 Å². The van der Waals surface area contributed by atoms with Gasteiger partial charge in [-0.05, 0) is 36.1 Å². The van der Waals surface area contributed by atoms with Crippen molar-refractivity contribution in [3.05, 3.63) is 35.8 Å². The van der Waals surface area contributed by atoms with E-state index in [-0.39, 0.29) is 42.2 Å². The van der Waals surface area contributed by atoms with Crippen LogP contribution in [-0.2, 0) is 11.2 Å². The molecule has 2 rings (SSSR count). The first-order chi connectivity index (χ1) is 12.4. The number of aliphatic imine (C=N–C) groups is 1. The van der Waals surface area contributed by atoms with Gasteiger partial charge in [0.2, 0.25) is 5.91 Å². The molecule has 27 heavy (non-hydrogen) atoms. The van der Waals surface area contributed by atoms with E-state index in [2.05, 4.69) is 34.5 Å². The SMILES string of the molecule is CC(C)CNC(=NCC(=O)N(C)C)NCCc1c[nH]c2ccc(F)cc12.I. The number of carbonyl (C=O) groups is 1. The maximum atomic E-state index is 13.5. The largest absolute Gasteiger partial charge is 0.361 e. The van der Waals surface area contributed by atoms with Crippen LogP contribution in [0.25, 0.3) is 10.9 Å². The Morgan fingerprint density at radius 3 is 2.70 bits per heavy atom. The number of aromatic nitrogens is 1. The number of nitrogens with one attached hydrogen (secondary N) is 3. The molecule has 1 aromatic carbocycles. The minimum Gasteiger partial charge on any atom is -0.361 e. The van der Waals surface area contributed by atoms with Crippen molar-refractivity contribution in [2.24, 2.45) is 10.9 Å². The molecule has 0 saturated carbocycles. The number of fused-ring (bicyclic) bond motifs is 1. The Labute approximate surface area is 177 Å². The van der Waals surface area contributed by atoms with Crippen molar-refractivity contribution in [2.45, 2.75) is 20.3 Å². The minimum atomic E-state index is -0.241. The molecule has 0 saturated heterocycles. The number of benzene rings is 1. The van der Waals surface area contributed by atoms with E-state index in [4.69, 9.17) is 0 Å². The van der Waals surface area contributed by atoms with E-state index < -0.39 is 0 Å². The fraction of sp³-hybridized carbons (Fsp3) is 0.474. The molecule has 8 heteroatoms. The van der Waals surface area contributed by atoms with Crippen LogP contribution in [0, 0.1) is 11.7 Å². The average molecular weight is 489 g/mol. The fourth-order valence-electron chi connectivity index (χ4n) is 2.44. The van der Waals surface area contributed by atoms with Crippen LogP contribution < -0.4 is 10.6 Å². The number of rotatable bonds is 7. The smallest absolute Gasteiger partial charge is 0.243 e. The molecule has 0 spiro atoms. The van der Waals surface area contributed by atoms with Gasteiger partial charge in [0.25, 0.3) is 0 Å². The van der Waals surface area contributed by atoms with E-state index in [0.29, 0.717) is 24.8 Å². The van der Waals surface area contributed by atoms with Crippen LogP contribution >= 0.6 is 24.0 Å². The number of aromatic amines is 1. The Morgan fingerprint density at radius 1 is 1.30 bits per heavy atom. The van der Waals surface area contributed by atoms with Crippen molar-refractivity contribution < 1.29 is 9.18 Å². The Balaban J connectivity index is 0.00000364. The summed E-state index contributed by atoms with van der Waals surface area (Å²) >= 11 is 0. The molecule has 0 bridgehead atoms. The van der Waals surface area contributed by atoms with Crippen LogP contribution in [0.1, 0.15) is 19.4 Å². The molecule has 0 aliphatic rings. The number of nitrogens with zero attached hydrogens (tertiary/aromatic N) is 2. The molecule has 3 N–H and O–H groups in total. The zero-order valence-corrected chi connectivity index (χ0v) is 18.6. The van der Waals surface area contributed by atoms with E-state index in [1.165, 1.54) is 11.0 Å². The first kappa shape index (κ1) is 23.2. The van der Waals surface area contributed by atoms with Crippen LogP contribution in [0.3, 0.4) is 0 Å². The van der Waals surface area contributed by atoms with Crippen molar-refractivity contribution in [1.29, 1.82) is 0 Å². The second-order valence-electron chi connectivity index (χ2n) is 6.91. The first-order valence-corrected chi connectivity index (χ1v) is 8.84. The summed E-state index contributed by atoms with van der Waals surface area (Å²) in [6, 6.07) is 4.73. The molecule has 6 nitrogen and oxygen atoms in total. The lowest BCUT2D eigenvalue weighted by Gasteiger charge is -2.15. The molecule has 0 fully saturated rings. The molecule has 0 aliphatic carbocycles. The lowest BCUT2D eigenvalue weighted by molar-refractivity contribution is -0.127. The second kappa shape index (κ2) is 11.1. The lowest BCUT2D eigenvalue weighted by atomic mass is 10.1. The standard InChI is InChI=1S/C19H28FN5O.HI/c1-13(2)10-23-19(24-12-18(26)25(3)4)21-8-7-14-11-22-17-6-5-15(20)9-16(14)17;/h5-6,9,11,13,22H,7-8,10,12H2,1-4H3,(H2,21,23,24);1H. The van der Waals surface area contributed by atoms with Crippen molar-refractivity contribution >= 4 is 46.7 Å². The molecule has 0 aliphatic heterocycles. The quantitative estimate of drug-likeness (QED) is 0.318. The molecule has 150 valence electrons. The number of halogens is 2. The predicted octanol–water partition coefficient (Wildman–Crippen LogP) is 2.75. The number of hydrogen-bond acceptors (Lipinski definition) is 2. The lowest BCUT2D eigenvalue weighted by Crippen LogP contribution is -2.41. The van der Waals surface area contributed by atoms with Gasteiger partial charge in [-0.3, -0.25) is 4.79 Å². The molecular formula is C19H29FIN5O. The summed E-state index contributed by atoms with van der Waals surface area (Å²) in [5.41, 5.74) is 1.96. The third kappa shape index (κ3) is 7.36. The van der Waals surface area contributed by atoms with Crippen LogP contribution in [0.15, 0.2) is 29.4 Å². The summed E-state index contributed by atoms with van der Waals surface area (Å²) in [5, 5.41) is 7.38. The normalized spacial score (nSPS) is 11.4. The first-order valence-electron chi connectivity index (χ1n) is 8.84. The highest BCUT2D eigenvalue weighted by molar-refractivity contribution is 14.0. The molecular weight excluding hydrogens is 460 g/mol. The van der Waals surface area contributed by atoms with Gasteiger partial charge in [-0.25, -0.2) is 9.38 Å². The summed E-state index contributed by atoms with van der Waals surface area (Å²) in [6.07, 6.45) is 2.62. The van der Waals surface area contributed by atoms with Gasteiger partial charge >= 0.3 is 0 Å². The van der Waals surface area contributed by atoms with Crippen LogP contribution in [0.5, 0.6) is 0 Å². The zero-order chi connectivity index (χ0) is 19.1. The van der Waals surface area contributed by atoms with Gasteiger partial charge in [0.05, 0.1) is 0 Å². The Morgan fingerprint density at radius 2 is 2.04 bits per heavy atom. The molecule has 0 radical (unpaired) electrons. The predicted molar refractivity (Wildman–Crippen MR) is 119 cm³/mol. The Kier molecular flexibility index (Phi) is 9.54. The molecule has 2 aromatic rings. The summed E-state index contributed by atoms with van der Waals surface area (Å²) < 4.78 is 13.5. The van der Waals surface area contributed by atoms with Gasteiger partial charge in [-0.2, -0.15) is 0 Å². The maximum Gasteiger partial charge on any atom is 0.243 e.